The molecule has 9 rings (SSSR count). The molecule has 6 aliphatic rings. The third-order valence-electron chi connectivity index (χ3n) is 16.5. The van der Waals surface area contributed by atoms with Crippen LogP contribution in [-0.4, -0.2) is 91.7 Å². The van der Waals surface area contributed by atoms with E-state index < -0.39 is 101 Å². The van der Waals surface area contributed by atoms with Crippen molar-refractivity contribution in [2.45, 2.75) is 148 Å². The molecule has 13 heteroatoms. The van der Waals surface area contributed by atoms with Gasteiger partial charge in [0.05, 0.1) is 61.6 Å². The Balaban J connectivity index is 1.20. The molecule has 3 aliphatic carbocycles. The molecule has 0 aromatic heterocycles. The number of carbonyl (C=O) groups is 3. The zero-order chi connectivity index (χ0) is 48.7. The largest absolute Gasteiger partial charge is 0.497 e. The highest BCUT2D eigenvalue weighted by molar-refractivity contribution is 5.89. The van der Waals surface area contributed by atoms with Gasteiger partial charge in [-0.15, -0.1) is 0 Å². The van der Waals surface area contributed by atoms with E-state index in [9.17, 15) is 14.7 Å². The molecule has 366 valence electrons. The lowest BCUT2D eigenvalue weighted by Crippen LogP contribution is -2.79. The summed E-state index contributed by atoms with van der Waals surface area (Å²) in [6, 6.07) is 22.1. The second-order valence-corrected chi connectivity index (χ2v) is 21.3. The summed E-state index contributed by atoms with van der Waals surface area (Å²) in [6.45, 7) is 17.2. The molecule has 3 aliphatic heterocycles. The van der Waals surface area contributed by atoms with Gasteiger partial charge in [-0.1, -0.05) is 70.2 Å². The molecule has 2 saturated carbocycles. The van der Waals surface area contributed by atoms with Crippen LogP contribution in [0.5, 0.6) is 11.5 Å². The van der Waals surface area contributed by atoms with Crippen LogP contribution in [0.4, 0.5) is 0 Å². The Morgan fingerprint density at radius 2 is 1.60 bits per heavy atom. The topological polar surface area (TPSA) is 155 Å². The van der Waals surface area contributed by atoms with Crippen LogP contribution in [0.2, 0.25) is 0 Å². The number of benzene rings is 3. The molecule has 0 bridgehead atoms. The van der Waals surface area contributed by atoms with E-state index >= 15 is 4.79 Å². The molecule has 68 heavy (non-hydrogen) atoms. The van der Waals surface area contributed by atoms with E-state index in [1.807, 2.05) is 62.4 Å². The highest BCUT2D eigenvalue weighted by Gasteiger charge is 2.80. The van der Waals surface area contributed by atoms with E-state index in [2.05, 4.69) is 27.7 Å². The van der Waals surface area contributed by atoms with Gasteiger partial charge < -0.3 is 47.7 Å². The van der Waals surface area contributed by atoms with Gasteiger partial charge in [-0.3, -0.25) is 4.79 Å². The van der Waals surface area contributed by atoms with Gasteiger partial charge in [0, 0.05) is 42.2 Å². The monoisotopic (exact) mass is 936 g/mol. The fourth-order valence-corrected chi connectivity index (χ4v) is 13.7. The average Bonchev–Trinajstić information content (AvgIpc) is 3.82. The molecule has 3 aromatic carbocycles. The fourth-order valence-electron chi connectivity index (χ4n) is 13.7. The van der Waals surface area contributed by atoms with E-state index in [4.69, 9.17) is 42.6 Å². The number of hydrogen-bond acceptors (Lipinski definition) is 13. The lowest BCUT2D eigenvalue weighted by molar-refractivity contribution is -0.399. The van der Waals surface area contributed by atoms with Gasteiger partial charge in [0.15, 0.2) is 18.0 Å². The number of fused-ring (bicyclic) bond motifs is 3. The molecule has 13 nitrogen and oxygen atoms in total. The number of aryl methyl sites for hydroxylation is 1. The van der Waals surface area contributed by atoms with Crippen LogP contribution in [0.3, 0.4) is 0 Å². The number of aliphatic hydroxyl groups is 1. The zero-order valence-electron chi connectivity index (χ0n) is 41.2. The molecule has 0 amide bonds. The Labute approximate surface area is 400 Å². The van der Waals surface area contributed by atoms with Crippen LogP contribution in [-0.2, 0) is 42.7 Å². The van der Waals surface area contributed by atoms with Crippen molar-refractivity contribution < 1.29 is 62.1 Å². The quantitative estimate of drug-likeness (QED) is 0.105. The number of rotatable bonds is 12. The number of hydrogen-bond donors (Lipinski definition) is 1. The van der Waals surface area contributed by atoms with Gasteiger partial charge in [0.25, 0.3) is 0 Å². The first-order valence-electron chi connectivity index (χ1n) is 24.2. The summed E-state index contributed by atoms with van der Waals surface area (Å²) in [5, 5.41) is 13.2. The standard InChI is InChI=1S/C55H68O13/c1-29(2)24-36-25-39(43-30(3)16-15-19-38(43)61-11)63-45(36)50(58)64-40-27-54(52(7,8)59)44(31(40)4)32(5)47-53(9)41(65-51(67-47)35-20-22-37(60-10)23-21-35)26-42-55(28-62-42,68-33(6)56)46(53)48(54)66-49(57)34-17-13-12-14-18-34/h12-23,29,32,36,39-42,45-48,51,59H,24-28H2,1-11H3/t32-,36-,39?,40+,41+,42-,45-,46+,47+,48+,51?,53-,54+,55+/m1/s1. The van der Waals surface area contributed by atoms with E-state index in [0.29, 0.717) is 29.9 Å². The van der Waals surface area contributed by atoms with Gasteiger partial charge in [0.1, 0.15) is 29.8 Å². The second kappa shape index (κ2) is 17.9. The zero-order valence-corrected chi connectivity index (χ0v) is 41.2. The second-order valence-electron chi connectivity index (χ2n) is 21.3. The SMILES string of the molecule is COc1ccc(C2O[C@H]3C[C@H]4OC[C@@]4(OC(C)=O)[C@H]4[C@H](OC(=O)c5ccccc5)[C@]5(C(C)(C)O)C[C@H](OC(=O)[C@@H]6OC(c7c(C)cccc7OC)C[C@H]6CC(C)C)C(C)=C5[C@@H](C)[C@H](O2)[C@]34C)cc1. The highest BCUT2D eigenvalue weighted by Crippen LogP contribution is 2.71. The third-order valence-corrected chi connectivity index (χ3v) is 16.5. The van der Waals surface area contributed by atoms with Crippen molar-refractivity contribution in [1.82, 2.24) is 0 Å². The average molecular weight is 937 g/mol. The minimum absolute atomic E-state index is 0.0219. The van der Waals surface area contributed by atoms with E-state index in [0.717, 1.165) is 34.3 Å². The van der Waals surface area contributed by atoms with Crippen molar-refractivity contribution in [3.05, 3.63) is 106 Å². The molecule has 1 N–H and O–H groups in total. The summed E-state index contributed by atoms with van der Waals surface area (Å²) in [4.78, 5) is 43.3. The van der Waals surface area contributed by atoms with Crippen LogP contribution >= 0.6 is 0 Å². The molecule has 3 heterocycles. The Morgan fingerprint density at radius 3 is 2.22 bits per heavy atom. The highest BCUT2D eigenvalue weighted by atomic mass is 16.7. The summed E-state index contributed by atoms with van der Waals surface area (Å²) in [6.07, 6.45) is -4.32. The van der Waals surface area contributed by atoms with Gasteiger partial charge in [-0.2, -0.15) is 0 Å². The van der Waals surface area contributed by atoms with E-state index in [1.165, 1.54) is 6.92 Å². The first-order chi connectivity index (χ1) is 32.3. The normalized spacial score (nSPS) is 36.1. The maximum Gasteiger partial charge on any atom is 0.338 e. The van der Waals surface area contributed by atoms with Crippen molar-refractivity contribution in [2.75, 3.05) is 20.8 Å². The summed E-state index contributed by atoms with van der Waals surface area (Å²) in [5.74, 6) is -1.50. The van der Waals surface area contributed by atoms with Crippen LogP contribution in [0.15, 0.2) is 83.9 Å². The van der Waals surface area contributed by atoms with Gasteiger partial charge in [-0.05, 0) is 99.4 Å². The molecule has 0 spiro atoms. The fraction of sp³-hybridized carbons (Fsp3) is 0.582. The van der Waals surface area contributed by atoms with Gasteiger partial charge in [-0.25, -0.2) is 9.59 Å². The van der Waals surface area contributed by atoms with Crippen LogP contribution in [0.1, 0.15) is 121 Å². The summed E-state index contributed by atoms with van der Waals surface area (Å²) in [7, 11) is 3.25. The van der Waals surface area contributed by atoms with Crippen LogP contribution in [0.25, 0.3) is 0 Å². The lowest BCUT2D eigenvalue weighted by atomic mass is 9.49. The summed E-state index contributed by atoms with van der Waals surface area (Å²) >= 11 is 0. The Hall–Kier alpha value is -4.79. The molecular weight excluding hydrogens is 869 g/mol. The maximum absolute atomic E-state index is 15.0. The molecule has 5 fully saturated rings. The van der Waals surface area contributed by atoms with Crippen LogP contribution < -0.4 is 9.47 Å². The third kappa shape index (κ3) is 7.66. The lowest BCUT2D eigenvalue weighted by Gasteiger charge is -2.67. The van der Waals surface area contributed by atoms with E-state index in [-0.39, 0.29) is 24.9 Å². The number of ether oxygens (including phenoxy) is 9. The Morgan fingerprint density at radius 1 is 0.882 bits per heavy atom. The van der Waals surface area contributed by atoms with Crippen molar-refractivity contribution >= 4 is 17.9 Å². The minimum atomic E-state index is -1.65. The predicted molar refractivity (Wildman–Crippen MR) is 250 cm³/mol. The van der Waals surface area contributed by atoms with Crippen molar-refractivity contribution in [3.8, 4) is 11.5 Å². The van der Waals surface area contributed by atoms with Crippen molar-refractivity contribution in [3.63, 3.8) is 0 Å². The molecular formula is C55H68O13. The maximum atomic E-state index is 15.0. The van der Waals surface area contributed by atoms with Crippen LogP contribution in [0, 0.1) is 41.4 Å². The number of carbonyl (C=O) groups excluding carboxylic acids is 3. The molecule has 3 saturated heterocycles. The van der Waals surface area contributed by atoms with Gasteiger partial charge >= 0.3 is 17.9 Å². The molecule has 2 unspecified atom stereocenters. The van der Waals surface area contributed by atoms with Crippen molar-refractivity contribution in [2.24, 2.45) is 34.5 Å². The predicted octanol–water partition coefficient (Wildman–Crippen LogP) is 8.98. The summed E-state index contributed by atoms with van der Waals surface area (Å²) in [5.41, 5.74) is -0.961. The first-order valence-corrected chi connectivity index (χ1v) is 24.2. The number of esters is 3. The Kier molecular flexibility index (Phi) is 12.7. The van der Waals surface area contributed by atoms with Gasteiger partial charge in [0.2, 0.25) is 0 Å². The molecule has 3 aromatic rings. The van der Waals surface area contributed by atoms with Crippen molar-refractivity contribution in [1.29, 1.82) is 0 Å². The minimum Gasteiger partial charge on any atom is -0.497 e. The Bertz CT molecular complexity index is 2420. The first kappa shape index (κ1) is 48.2. The molecule has 14 atom stereocenters. The molecule has 0 radical (unpaired) electrons. The van der Waals surface area contributed by atoms with E-state index in [1.54, 1.807) is 52.3 Å². The summed E-state index contributed by atoms with van der Waals surface area (Å²) < 4.78 is 59.1. The number of methoxy groups -OCH3 is 2. The smallest absolute Gasteiger partial charge is 0.338 e.